The van der Waals surface area contributed by atoms with Crippen LogP contribution < -0.4 is 0 Å². The van der Waals surface area contributed by atoms with Crippen molar-refractivity contribution in [2.75, 3.05) is 6.54 Å². The fraction of sp³-hybridized carbons (Fsp3) is 0.533. The Balaban J connectivity index is 1.97. The van der Waals surface area contributed by atoms with Gasteiger partial charge >= 0.3 is 5.97 Å². The Bertz CT molecular complexity index is 536. The molecule has 1 amide bonds. The average molecular weight is 291 g/mol. The van der Waals surface area contributed by atoms with Crippen LogP contribution in [-0.2, 0) is 16.6 Å². The number of carbonyl (C=O) groups is 2. The maximum Gasteiger partial charge on any atom is 0.303 e. The number of aryl methyl sites for hydroxylation is 1. The Morgan fingerprint density at radius 1 is 1.48 bits per heavy atom. The molecule has 1 aromatic rings. The summed E-state index contributed by atoms with van der Waals surface area (Å²) in [5.74, 6) is -0.854. The summed E-state index contributed by atoms with van der Waals surface area (Å²) in [6.07, 6.45) is 10.4. The van der Waals surface area contributed by atoms with E-state index in [-0.39, 0.29) is 18.4 Å². The smallest absolute Gasteiger partial charge is 0.303 e. The molecule has 0 bridgehead atoms. The molecular formula is C15H21N3O3. The van der Waals surface area contributed by atoms with Crippen LogP contribution in [0.1, 0.15) is 37.7 Å². The number of piperidine rings is 1. The molecular weight excluding hydrogens is 270 g/mol. The van der Waals surface area contributed by atoms with Gasteiger partial charge in [0, 0.05) is 43.9 Å². The van der Waals surface area contributed by atoms with Gasteiger partial charge in [0.1, 0.15) is 0 Å². The van der Waals surface area contributed by atoms with E-state index in [9.17, 15) is 9.59 Å². The van der Waals surface area contributed by atoms with Crippen LogP contribution in [0.4, 0.5) is 0 Å². The predicted octanol–water partition coefficient (Wildman–Crippen LogP) is 1.68. The van der Waals surface area contributed by atoms with Gasteiger partial charge in [-0.2, -0.15) is 5.10 Å². The van der Waals surface area contributed by atoms with Gasteiger partial charge < -0.3 is 10.0 Å². The zero-order valence-electron chi connectivity index (χ0n) is 12.2. The van der Waals surface area contributed by atoms with Gasteiger partial charge in [-0.3, -0.25) is 14.3 Å². The van der Waals surface area contributed by atoms with Crippen molar-refractivity contribution in [1.29, 1.82) is 0 Å². The minimum atomic E-state index is -0.807. The topological polar surface area (TPSA) is 75.4 Å². The van der Waals surface area contributed by atoms with Gasteiger partial charge in [0.2, 0.25) is 5.91 Å². The Hall–Kier alpha value is -2.11. The van der Waals surface area contributed by atoms with E-state index >= 15 is 0 Å². The molecule has 0 aliphatic carbocycles. The molecule has 0 saturated carbocycles. The zero-order chi connectivity index (χ0) is 15.2. The van der Waals surface area contributed by atoms with E-state index in [1.807, 2.05) is 13.2 Å². The van der Waals surface area contributed by atoms with Crippen LogP contribution >= 0.6 is 0 Å². The highest BCUT2D eigenvalue weighted by Gasteiger charge is 2.25. The SMILES string of the molecule is Cn1cc(C=CC(=O)N2CCCCC2CCC(=O)O)cn1. The highest BCUT2D eigenvalue weighted by molar-refractivity contribution is 5.92. The van der Waals surface area contributed by atoms with E-state index in [0.29, 0.717) is 13.0 Å². The fourth-order valence-electron chi connectivity index (χ4n) is 2.67. The molecule has 114 valence electrons. The molecule has 6 nitrogen and oxygen atoms in total. The number of hydrogen-bond acceptors (Lipinski definition) is 3. The van der Waals surface area contributed by atoms with Crippen molar-refractivity contribution in [1.82, 2.24) is 14.7 Å². The lowest BCUT2D eigenvalue weighted by atomic mass is 9.97. The second-order valence-electron chi connectivity index (χ2n) is 5.39. The van der Waals surface area contributed by atoms with Crippen molar-refractivity contribution in [3.05, 3.63) is 24.0 Å². The monoisotopic (exact) mass is 291 g/mol. The van der Waals surface area contributed by atoms with Gasteiger partial charge in [0.15, 0.2) is 0 Å². The molecule has 6 heteroatoms. The summed E-state index contributed by atoms with van der Waals surface area (Å²) in [6, 6.07) is 0.0425. The van der Waals surface area contributed by atoms with Gasteiger partial charge in [0.05, 0.1) is 6.20 Å². The van der Waals surface area contributed by atoms with Crippen LogP contribution in [-0.4, -0.2) is 44.3 Å². The molecule has 0 radical (unpaired) electrons. The van der Waals surface area contributed by atoms with Gasteiger partial charge in [0.25, 0.3) is 0 Å². The number of aliphatic carboxylic acids is 1. The van der Waals surface area contributed by atoms with E-state index < -0.39 is 5.97 Å². The fourth-order valence-corrected chi connectivity index (χ4v) is 2.67. The van der Waals surface area contributed by atoms with Crippen LogP contribution in [0.2, 0.25) is 0 Å². The van der Waals surface area contributed by atoms with E-state index in [1.165, 1.54) is 0 Å². The first-order chi connectivity index (χ1) is 10.1. The van der Waals surface area contributed by atoms with Gasteiger partial charge in [-0.05, 0) is 31.8 Å². The summed E-state index contributed by atoms with van der Waals surface area (Å²) in [6.45, 7) is 0.709. The molecule has 1 unspecified atom stereocenters. The van der Waals surface area contributed by atoms with Crippen LogP contribution in [0.15, 0.2) is 18.5 Å². The number of likely N-dealkylation sites (tertiary alicyclic amines) is 1. The largest absolute Gasteiger partial charge is 0.481 e. The molecule has 1 N–H and O–H groups in total. The van der Waals surface area contributed by atoms with Gasteiger partial charge in [-0.25, -0.2) is 0 Å². The minimum Gasteiger partial charge on any atom is -0.481 e. The molecule has 1 aliphatic rings. The lowest BCUT2D eigenvalue weighted by molar-refractivity contribution is -0.138. The van der Waals surface area contributed by atoms with Crippen molar-refractivity contribution >= 4 is 18.0 Å². The summed E-state index contributed by atoms with van der Waals surface area (Å²) in [5, 5.41) is 12.8. The summed E-state index contributed by atoms with van der Waals surface area (Å²) in [5.41, 5.74) is 0.880. The standard InChI is InChI=1S/C15H21N3O3/c1-17-11-12(10-16-17)5-7-14(19)18-9-3-2-4-13(18)6-8-15(20)21/h5,7,10-11,13H,2-4,6,8-9H2,1H3,(H,20,21). The summed E-state index contributed by atoms with van der Waals surface area (Å²) >= 11 is 0. The number of nitrogens with zero attached hydrogens (tertiary/aromatic N) is 3. The van der Waals surface area contributed by atoms with Crippen molar-refractivity contribution < 1.29 is 14.7 Å². The lowest BCUT2D eigenvalue weighted by Crippen LogP contribution is -2.43. The molecule has 0 spiro atoms. The lowest BCUT2D eigenvalue weighted by Gasteiger charge is -2.35. The van der Waals surface area contributed by atoms with Crippen molar-refractivity contribution in [3.8, 4) is 0 Å². The number of amides is 1. The molecule has 21 heavy (non-hydrogen) atoms. The second kappa shape index (κ2) is 7.06. The second-order valence-corrected chi connectivity index (χ2v) is 5.39. The molecule has 1 fully saturated rings. The number of hydrogen-bond donors (Lipinski definition) is 1. The highest BCUT2D eigenvalue weighted by Crippen LogP contribution is 2.21. The maximum atomic E-state index is 12.3. The van der Waals surface area contributed by atoms with Gasteiger partial charge in [-0.1, -0.05) is 0 Å². The minimum absolute atomic E-state index is 0.0425. The number of carboxylic acid groups (broad SMARTS) is 1. The van der Waals surface area contributed by atoms with E-state index in [0.717, 1.165) is 24.8 Å². The summed E-state index contributed by atoms with van der Waals surface area (Å²) in [7, 11) is 1.83. The van der Waals surface area contributed by atoms with Crippen molar-refractivity contribution in [2.24, 2.45) is 7.05 Å². The quantitative estimate of drug-likeness (QED) is 0.837. The Morgan fingerprint density at radius 3 is 2.95 bits per heavy atom. The van der Waals surface area contributed by atoms with Crippen LogP contribution in [0.3, 0.4) is 0 Å². The van der Waals surface area contributed by atoms with Crippen LogP contribution in [0, 0.1) is 0 Å². The third kappa shape index (κ3) is 4.44. The molecule has 1 atom stereocenters. The zero-order valence-corrected chi connectivity index (χ0v) is 12.2. The van der Waals surface area contributed by atoms with E-state index in [4.69, 9.17) is 5.11 Å². The first kappa shape index (κ1) is 15.3. The molecule has 1 saturated heterocycles. The first-order valence-electron chi connectivity index (χ1n) is 7.25. The summed E-state index contributed by atoms with van der Waals surface area (Å²) in [4.78, 5) is 24.8. The molecule has 2 rings (SSSR count). The Kier molecular flexibility index (Phi) is 5.14. The van der Waals surface area contributed by atoms with Crippen molar-refractivity contribution in [3.63, 3.8) is 0 Å². The number of rotatable bonds is 5. The van der Waals surface area contributed by atoms with Crippen LogP contribution in [0.5, 0.6) is 0 Å². The number of carboxylic acids is 1. The maximum absolute atomic E-state index is 12.3. The number of carbonyl (C=O) groups excluding carboxylic acids is 1. The Labute approximate surface area is 124 Å². The van der Waals surface area contributed by atoms with Crippen LogP contribution in [0.25, 0.3) is 6.08 Å². The average Bonchev–Trinajstić information content (AvgIpc) is 2.88. The molecule has 1 aliphatic heterocycles. The first-order valence-corrected chi connectivity index (χ1v) is 7.25. The van der Waals surface area contributed by atoms with Gasteiger partial charge in [-0.15, -0.1) is 0 Å². The normalized spacial score (nSPS) is 19.1. The molecule has 2 heterocycles. The molecule has 0 aromatic carbocycles. The highest BCUT2D eigenvalue weighted by atomic mass is 16.4. The Morgan fingerprint density at radius 2 is 2.29 bits per heavy atom. The molecule has 1 aromatic heterocycles. The predicted molar refractivity (Wildman–Crippen MR) is 78.5 cm³/mol. The van der Waals surface area contributed by atoms with E-state index in [2.05, 4.69) is 5.10 Å². The summed E-state index contributed by atoms with van der Waals surface area (Å²) < 4.78 is 1.68. The third-order valence-electron chi connectivity index (χ3n) is 3.74. The van der Waals surface area contributed by atoms with E-state index in [1.54, 1.807) is 27.9 Å². The number of aromatic nitrogens is 2. The van der Waals surface area contributed by atoms with Crippen molar-refractivity contribution in [2.45, 2.75) is 38.1 Å². The third-order valence-corrected chi connectivity index (χ3v) is 3.74.